The maximum absolute atomic E-state index is 12.5. The Morgan fingerprint density at radius 1 is 1.11 bits per heavy atom. The molecule has 2 aromatic rings. The number of hydrogen-bond donors (Lipinski definition) is 1. The minimum atomic E-state index is -3.80. The highest BCUT2D eigenvalue weighted by molar-refractivity contribution is 7.92. The third kappa shape index (κ3) is 4.39. The second-order valence-electron chi connectivity index (χ2n) is 7.05. The van der Waals surface area contributed by atoms with Crippen molar-refractivity contribution in [3.63, 3.8) is 0 Å². The van der Waals surface area contributed by atoms with Gasteiger partial charge in [0.1, 0.15) is 5.69 Å². The Labute approximate surface area is 159 Å². The number of nitrogens with zero attached hydrogens (tertiary/aromatic N) is 2. The number of hydrogen-bond acceptors (Lipinski definition) is 5. The molecule has 8 heteroatoms. The molecule has 0 amide bonds. The van der Waals surface area contributed by atoms with Crippen LogP contribution < -0.4 is 9.62 Å². The summed E-state index contributed by atoms with van der Waals surface area (Å²) in [4.78, 5) is 13.2. The van der Waals surface area contributed by atoms with Crippen molar-refractivity contribution in [2.75, 3.05) is 22.7 Å². The van der Waals surface area contributed by atoms with Crippen molar-refractivity contribution in [3.8, 4) is 0 Å². The van der Waals surface area contributed by atoms with Crippen LogP contribution in [0.5, 0.6) is 0 Å². The highest BCUT2D eigenvalue weighted by atomic mass is 32.2. The Morgan fingerprint density at radius 3 is 2.33 bits per heavy atom. The van der Waals surface area contributed by atoms with Crippen LogP contribution in [0.2, 0.25) is 0 Å². The molecule has 0 atom stereocenters. The van der Waals surface area contributed by atoms with Crippen LogP contribution in [0.4, 0.5) is 17.1 Å². The van der Waals surface area contributed by atoms with E-state index in [0.29, 0.717) is 11.6 Å². The third-order valence-electron chi connectivity index (χ3n) is 4.88. The minimum absolute atomic E-state index is 0.0892. The lowest BCUT2D eigenvalue weighted by Crippen LogP contribution is -2.33. The molecule has 0 bridgehead atoms. The highest BCUT2D eigenvalue weighted by Crippen LogP contribution is 2.34. The average molecular weight is 389 g/mol. The summed E-state index contributed by atoms with van der Waals surface area (Å²) in [5.41, 5.74) is 1.57. The molecule has 1 saturated heterocycles. The molecule has 1 aliphatic heterocycles. The molecule has 1 N–H and O–H groups in total. The van der Waals surface area contributed by atoms with Crippen molar-refractivity contribution in [1.29, 1.82) is 0 Å². The van der Waals surface area contributed by atoms with E-state index >= 15 is 0 Å². The monoisotopic (exact) mass is 389 g/mol. The van der Waals surface area contributed by atoms with Crippen molar-refractivity contribution < 1.29 is 13.3 Å². The Bertz CT molecular complexity index is 934. The molecule has 0 spiro atoms. The molecule has 1 fully saturated rings. The minimum Gasteiger partial charge on any atom is -0.366 e. The molecule has 27 heavy (non-hydrogen) atoms. The van der Waals surface area contributed by atoms with Crippen molar-refractivity contribution in [1.82, 2.24) is 0 Å². The molecule has 1 heterocycles. The molecule has 144 valence electrons. The fourth-order valence-electron chi connectivity index (χ4n) is 3.18. The van der Waals surface area contributed by atoms with Crippen LogP contribution in [0, 0.1) is 23.0 Å². The van der Waals surface area contributed by atoms with Gasteiger partial charge in [-0.15, -0.1) is 0 Å². The molecule has 0 aliphatic carbocycles. The van der Waals surface area contributed by atoms with Gasteiger partial charge in [0.25, 0.3) is 15.7 Å². The van der Waals surface area contributed by atoms with Crippen LogP contribution in [0.15, 0.2) is 47.4 Å². The maximum Gasteiger partial charge on any atom is 0.294 e. The third-order valence-corrected chi connectivity index (χ3v) is 6.28. The van der Waals surface area contributed by atoms with Gasteiger partial charge in [0, 0.05) is 19.2 Å². The van der Waals surface area contributed by atoms with E-state index in [0.717, 1.165) is 31.5 Å². The van der Waals surface area contributed by atoms with Gasteiger partial charge >= 0.3 is 0 Å². The van der Waals surface area contributed by atoms with Crippen molar-refractivity contribution in [2.45, 2.75) is 31.6 Å². The zero-order valence-electron chi connectivity index (χ0n) is 15.4. The number of anilines is 2. The predicted molar refractivity (Wildman–Crippen MR) is 106 cm³/mol. The number of nitro groups is 1. The quantitative estimate of drug-likeness (QED) is 0.618. The second kappa shape index (κ2) is 7.56. The van der Waals surface area contributed by atoms with Gasteiger partial charge in [-0.2, -0.15) is 0 Å². The van der Waals surface area contributed by atoms with E-state index < -0.39 is 14.9 Å². The van der Waals surface area contributed by atoms with E-state index in [2.05, 4.69) is 11.6 Å². The number of aryl methyl sites for hydroxylation is 1. The first-order valence-electron chi connectivity index (χ1n) is 8.89. The summed E-state index contributed by atoms with van der Waals surface area (Å²) in [5, 5.41) is 11.6. The Morgan fingerprint density at radius 2 is 1.74 bits per heavy atom. The number of nitrogens with one attached hydrogen (secondary N) is 1. The van der Waals surface area contributed by atoms with E-state index in [4.69, 9.17) is 0 Å². The number of piperidine rings is 1. The van der Waals surface area contributed by atoms with E-state index in [1.54, 1.807) is 24.3 Å². The molecule has 2 aromatic carbocycles. The number of nitro benzene ring substituents is 1. The van der Waals surface area contributed by atoms with Gasteiger partial charge in [-0.1, -0.05) is 24.6 Å². The molecule has 0 aromatic heterocycles. The summed E-state index contributed by atoms with van der Waals surface area (Å²) >= 11 is 0. The van der Waals surface area contributed by atoms with E-state index in [-0.39, 0.29) is 16.3 Å². The number of rotatable bonds is 5. The summed E-state index contributed by atoms with van der Waals surface area (Å²) in [6.07, 6.45) is 1.97. The van der Waals surface area contributed by atoms with E-state index in [9.17, 15) is 18.5 Å². The van der Waals surface area contributed by atoms with Gasteiger partial charge in [0.15, 0.2) is 0 Å². The largest absolute Gasteiger partial charge is 0.366 e. The highest BCUT2D eigenvalue weighted by Gasteiger charge is 2.24. The lowest BCUT2D eigenvalue weighted by atomic mass is 9.98. The van der Waals surface area contributed by atoms with Crippen LogP contribution in [-0.2, 0) is 10.0 Å². The van der Waals surface area contributed by atoms with Crippen LogP contribution >= 0.6 is 0 Å². The van der Waals surface area contributed by atoms with Crippen LogP contribution in [-0.4, -0.2) is 26.4 Å². The Kier molecular flexibility index (Phi) is 5.36. The van der Waals surface area contributed by atoms with Crippen LogP contribution in [0.1, 0.15) is 25.3 Å². The fourth-order valence-corrected chi connectivity index (χ4v) is 4.23. The summed E-state index contributed by atoms with van der Waals surface area (Å²) in [6, 6.07) is 10.9. The lowest BCUT2D eigenvalue weighted by Gasteiger charge is -2.31. The molecular weight excluding hydrogens is 366 g/mol. The average Bonchev–Trinajstić information content (AvgIpc) is 2.62. The summed E-state index contributed by atoms with van der Waals surface area (Å²) in [5.74, 6) is 0.612. The first-order chi connectivity index (χ1) is 12.8. The predicted octanol–water partition coefficient (Wildman–Crippen LogP) is 3.94. The molecule has 0 saturated carbocycles. The number of sulfonamides is 1. The standard InChI is InChI=1S/C19H23N3O4S/c1-14-3-6-17(7-4-14)27(25,26)20-16-5-8-18(19(13-16)22(23)24)21-11-9-15(2)10-12-21/h3-8,13,15,20H,9-12H2,1-2H3. The summed E-state index contributed by atoms with van der Waals surface area (Å²) < 4.78 is 27.5. The second-order valence-corrected chi connectivity index (χ2v) is 8.73. The molecule has 0 unspecified atom stereocenters. The molecule has 7 nitrogen and oxygen atoms in total. The summed E-state index contributed by atoms with van der Waals surface area (Å²) in [7, 11) is -3.80. The first kappa shape index (κ1) is 19.2. The van der Waals surface area contributed by atoms with E-state index in [1.165, 1.54) is 18.2 Å². The van der Waals surface area contributed by atoms with Crippen molar-refractivity contribution in [3.05, 3.63) is 58.1 Å². The molecular formula is C19H23N3O4S. The van der Waals surface area contributed by atoms with Gasteiger partial charge in [-0.05, 0) is 49.9 Å². The van der Waals surface area contributed by atoms with Gasteiger partial charge < -0.3 is 4.90 Å². The zero-order chi connectivity index (χ0) is 19.6. The fraction of sp³-hybridized carbons (Fsp3) is 0.368. The SMILES string of the molecule is Cc1ccc(S(=O)(=O)Nc2ccc(N3CCC(C)CC3)c([N+](=O)[O-])c2)cc1. The van der Waals surface area contributed by atoms with Crippen LogP contribution in [0.25, 0.3) is 0 Å². The summed E-state index contributed by atoms with van der Waals surface area (Å²) in [6.45, 7) is 5.56. The zero-order valence-corrected chi connectivity index (χ0v) is 16.2. The van der Waals surface area contributed by atoms with Crippen molar-refractivity contribution in [2.24, 2.45) is 5.92 Å². The molecule has 0 radical (unpaired) electrons. The normalized spacial score (nSPS) is 15.6. The van der Waals surface area contributed by atoms with Crippen molar-refractivity contribution >= 4 is 27.1 Å². The molecule has 1 aliphatic rings. The topological polar surface area (TPSA) is 92.6 Å². The maximum atomic E-state index is 12.5. The smallest absolute Gasteiger partial charge is 0.294 e. The first-order valence-corrected chi connectivity index (χ1v) is 10.4. The van der Waals surface area contributed by atoms with Gasteiger partial charge in [-0.3, -0.25) is 14.8 Å². The Balaban J connectivity index is 1.87. The Hall–Kier alpha value is -2.61. The van der Waals surface area contributed by atoms with Crippen LogP contribution in [0.3, 0.4) is 0 Å². The molecule has 3 rings (SSSR count). The van der Waals surface area contributed by atoms with Gasteiger partial charge in [0.05, 0.1) is 15.5 Å². The van der Waals surface area contributed by atoms with Gasteiger partial charge in [-0.25, -0.2) is 8.42 Å². The number of benzene rings is 2. The van der Waals surface area contributed by atoms with E-state index in [1.807, 2.05) is 11.8 Å². The van der Waals surface area contributed by atoms with Gasteiger partial charge in [0.2, 0.25) is 0 Å². The lowest BCUT2D eigenvalue weighted by molar-refractivity contribution is -0.384.